The Labute approximate surface area is 114 Å². The predicted octanol–water partition coefficient (Wildman–Crippen LogP) is 2.17. The molecule has 0 bridgehead atoms. The number of rotatable bonds is 5. The van der Waals surface area contributed by atoms with E-state index in [1.165, 1.54) is 0 Å². The summed E-state index contributed by atoms with van der Waals surface area (Å²) in [7, 11) is 0. The van der Waals surface area contributed by atoms with E-state index in [-0.39, 0.29) is 11.4 Å². The number of benzene rings is 1. The normalized spacial score (nSPS) is 11.1. The lowest BCUT2D eigenvalue weighted by Gasteiger charge is -2.24. The molecule has 1 amide bonds. The molecule has 0 aromatic heterocycles. The first kappa shape index (κ1) is 14.6. The zero-order chi connectivity index (χ0) is 13.8. The van der Waals surface area contributed by atoms with Crippen molar-refractivity contribution in [3.63, 3.8) is 0 Å². The van der Waals surface area contributed by atoms with Crippen molar-refractivity contribution < 1.29 is 4.79 Å². The van der Waals surface area contributed by atoms with Crippen LogP contribution in [0.15, 0.2) is 24.3 Å². The molecular formula is C14H20N2OS. The fraction of sp³-hybridized carbons (Fsp3) is 0.429. The molecule has 0 unspecified atom stereocenters. The predicted molar refractivity (Wildman–Crippen MR) is 78.5 cm³/mol. The van der Waals surface area contributed by atoms with Gasteiger partial charge in [0.2, 0.25) is 5.91 Å². The molecule has 1 aromatic carbocycles. The van der Waals surface area contributed by atoms with Crippen molar-refractivity contribution in [1.82, 2.24) is 5.32 Å². The molecule has 0 heterocycles. The zero-order valence-electron chi connectivity index (χ0n) is 11.1. The third-order valence-electron chi connectivity index (χ3n) is 2.96. The van der Waals surface area contributed by atoms with E-state index in [9.17, 15) is 4.79 Å². The molecule has 1 aromatic rings. The first-order valence-corrected chi connectivity index (χ1v) is 6.44. The van der Waals surface area contributed by atoms with Crippen LogP contribution in [0.5, 0.6) is 0 Å². The van der Waals surface area contributed by atoms with Gasteiger partial charge in [-0.25, -0.2) is 0 Å². The Morgan fingerprint density at radius 3 is 2.33 bits per heavy atom. The second kappa shape index (κ2) is 5.96. The van der Waals surface area contributed by atoms with Crippen LogP contribution in [-0.4, -0.2) is 16.4 Å². The molecule has 0 spiro atoms. The Morgan fingerprint density at radius 1 is 1.33 bits per heavy atom. The number of carbonyl (C=O) groups excluding carboxylic acids is 1. The molecule has 0 fully saturated rings. The van der Waals surface area contributed by atoms with Gasteiger partial charge in [-0.1, -0.05) is 43.4 Å². The van der Waals surface area contributed by atoms with Gasteiger partial charge in [-0.05, 0) is 25.8 Å². The van der Waals surface area contributed by atoms with Crippen molar-refractivity contribution in [2.24, 2.45) is 5.73 Å². The average Bonchev–Trinajstić information content (AvgIpc) is 2.29. The SMILES string of the molecule is CCC(C)(C)NC(=O)Cc1ccc(C(N)=S)cc1. The highest BCUT2D eigenvalue weighted by Crippen LogP contribution is 2.09. The summed E-state index contributed by atoms with van der Waals surface area (Å²) < 4.78 is 0. The summed E-state index contributed by atoms with van der Waals surface area (Å²) in [6.45, 7) is 6.08. The summed E-state index contributed by atoms with van der Waals surface area (Å²) in [6.07, 6.45) is 1.28. The fourth-order valence-corrected chi connectivity index (χ4v) is 1.62. The molecule has 1 rings (SSSR count). The van der Waals surface area contributed by atoms with Gasteiger partial charge >= 0.3 is 0 Å². The molecule has 3 nitrogen and oxygen atoms in total. The van der Waals surface area contributed by atoms with E-state index in [0.717, 1.165) is 17.5 Å². The van der Waals surface area contributed by atoms with E-state index >= 15 is 0 Å². The van der Waals surface area contributed by atoms with Gasteiger partial charge < -0.3 is 11.1 Å². The molecule has 0 radical (unpaired) electrons. The van der Waals surface area contributed by atoms with E-state index in [2.05, 4.69) is 12.2 Å². The van der Waals surface area contributed by atoms with Gasteiger partial charge in [0.15, 0.2) is 0 Å². The minimum atomic E-state index is -0.157. The van der Waals surface area contributed by atoms with Crippen molar-refractivity contribution in [3.8, 4) is 0 Å². The summed E-state index contributed by atoms with van der Waals surface area (Å²) >= 11 is 4.88. The second-order valence-electron chi connectivity index (χ2n) is 5.02. The first-order valence-electron chi connectivity index (χ1n) is 6.04. The highest BCUT2D eigenvalue weighted by molar-refractivity contribution is 7.80. The maximum Gasteiger partial charge on any atom is 0.224 e. The number of carbonyl (C=O) groups is 1. The summed E-state index contributed by atoms with van der Waals surface area (Å²) in [5.74, 6) is 0.0323. The summed E-state index contributed by atoms with van der Waals surface area (Å²) in [5.41, 5.74) is 7.14. The lowest BCUT2D eigenvalue weighted by atomic mass is 10.0. The molecule has 0 saturated heterocycles. The monoisotopic (exact) mass is 264 g/mol. The lowest BCUT2D eigenvalue weighted by Crippen LogP contribution is -2.43. The molecule has 98 valence electrons. The van der Waals surface area contributed by atoms with E-state index in [4.69, 9.17) is 18.0 Å². The van der Waals surface area contributed by atoms with Crippen molar-refractivity contribution in [2.45, 2.75) is 39.2 Å². The van der Waals surface area contributed by atoms with Gasteiger partial charge in [0, 0.05) is 11.1 Å². The van der Waals surface area contributed by atoms with Gasteiger partial charge in [0.1, 0.15) is 4.99 Å². The fourth-order valence-electron chi connectivity index (χ4n) is 1.48. The Kier molecular flexibility index (Phi) is 4.84. The van der Waals surface area contributed by atoms with Gasteiger partial charge in [0.05, 0.1) is 6.42 Å². The number of thiocarbonyl (C=S) groups is 1. The van der Waals surface area contributed by atoms with Crippen LogP contribution in [0, 0.1) is 0 Å². The largest absolute Gasteiger partial charge is 0.389 e. The van der Waals surface area contributed by atoms with Crippen LogP contribution in [0.1, 0.15) is 38.3 Å². The third-order valence-corrected chi connectivity index (χ3v) is 3.20. The number of nitrogens with one attached hydrogen (secondary N) is 1. The van der Waals surface area contributed by atoms with Gasteiger partial charge in [0.25, 0.3) is 0 Å². The van der Waals surface area contributed by atoms with Crippen LogP contribution in [0.3, 0.4) is 0 Å². The molecule has 3 N–H and O–H groups in total. The summed E-state index contributed by atoms with van der Waals surface area (Å²) in [6, 6.07) is 7.45. The van der Waals surface area contributed by atoms with E-state index in [0.29, 0.717) is 11.4 Å². The standard InChI is InChI=1S/C14H20N2OS/c1-4-14(2,3)16-12(17)9-10-5-7-11(8-6-10)13(15)18/h5-8H,4,9H2,1-3H3,(H2,15,18)(H,16,17). The van der Waals surface area contributed by atoms with Crippen LogP contribution < -0.4 is 11.1 Å². The van der Waals surface area contributed by atoms with Crippen molar-refractivity contribution in [3.05, 3.63) is 35.4 Å². The molecule has 0 atom stereocenters. The third kappa shape index (κ3) is 4.45. The van der Waals surface area contributed by atoms with Crippen molar-refractivity contribution in [1.29, 1.82) is 0 Å². The molecule has 0 aliphatic heterocycles. The van der Waals surface area contributed by atoms with E-state index in [1.807, 2.05) is 38.1 Å². The van der Waals surface area contributed by atoms with Gasteiger partial charge in [-0.2, -0.15) is 0 Å². The van der Waals surface area contributed by atoms with Gasteiger partial charge in [-0.15, -0.1) is 0 Å². The van der Waals surface area contributed by atoms with Crippen LogP contribution >= 0.6 is 12.2 Å². The molecule has 18 heavy (non-hydrogen) atoms. The Balaban J connectivity index is 2.63. The molecule has 4 heteroatoms. The van der Waals surface area contributed by atoms with Crippen molar-refractivity contribution >= 4 is 23.1 Å². The number of hydrogen-bond donors (Lipinski definition) is 2. The highest BCUT2D eigenvalue weighted by atomic mass is 32.1. The molecular weight excluding hydrogens is 244 g/mol. The first-order chi connectivity index (χ1) is 8.34. The van der Waals surface area contributed by atoms with Crippen LogP contribution in [0.25, 0.3) is 0 Å². The Morgan fingerprint density at radius 2 is 1.89 bits per heavy atom. The van der Waals surface area contributed by atoms with Crippen LogP contribution in [0.4, 0.5) is 0 Å². The number of hydrogen-bond acceptors (Lipinski definition) is 2. The summed E-state index contributed by atoms with van der Waals surface area (Å²) in [5, 5.41) is 3.00. The molecule has 0 aliphatic carbocycles. The number of amides is 1. The second-order valence-corrected chi connectivity index (χ2v) is 5.46. The minimum Gasteiger partial charge on any atom is -0.389 e. The smallest absolute Gasteiger partial charge is 0.224 e. The Hall–Kier alpha value is -1.42. The van der Waals surface area contributed by atoms with Crippen molar-refractivity contribution in [2.75, 3.05) is 0 Å². The van der Waals surface area contributed by atoms with Gasteiger partial charge in [-0.3, -0.25) is 4.79 Å². The number of nitrogens with two attached hydrogens (primary N) is 1. The molecule has 0 aliphatic rings. The minimum absolute atomic E-state index is 0.0323. The van der Waals surface area contributed by atoms with E-state index < -0.39 is 0 Å². The lowest BCUT2D eigenvalue weighted by molar-refractivity contribution is -0.122. The van der Waals surface area contributed by atoms with E-state index in [1.54, 1.807) is 0 Å². The van der Waals surface area contributed by atoms with Crippen LogP contribution in [0.2, 0.25) is 0 Å². The Bertz CT molecular complexity index is 438. The topological polar surface area (TPSA) is 55.1 Å². The average molecular weight is 264 g/mol. The quantitative estimate of drug-likeness (QED) is 0.801. The summed E-state index contributed by atoms with van der Waals surface area (Å²) in [4.78, 5) is 12.2. The van der Waals surface area contributed by atoms with Crippen LogP contribution in [-0.2, 0) is 11.2 Å². The molecule has 0 saturated carbocycles. The maximum atomic E-state index is 11.8. The zero-order valence-corrected chi connectivity index (χ0v) is 11.9. The maximum absolute atomic E-state index is 11.8. The highest BCUT2D eigenvalue weighted by Gasteiger charge is 2.17.